The van der Waals surface area contributed by atoms with Crippen LogP contribution in [-0.4, -0.2) is 28.7 Å². The van der Waals surface area contributed by atoms with Gasteiger partial charge >= 0.3 is 0 Å². The minimum Gasteiger partial charge on any atom is -0.322 e. The predicted molar refractivity (Wildman–Crippen MR) is 102 cm³/mol. The average Bonchev–Trinajstić information content (AvgIpc) is 3.00. The Kier molecular flexibility index (Phi) is 4.74. The highest BCUT2D eigenvalue weighted by Gasteiger charge is 2.39. The van der Waals surface area contributed by atoms with Crippen molar-refractivity contribution in [3.8, 4) is 0 Å². The van der Waals surface area contributed by atoms with Gasteiger partial charge in [0.05, 0.1) is 0 Å². The van der Waals surface area contributed by atoms with Gasteiger partial charge < -0.3 is 4.90 Å². The Morgan fingerprint density at radius 1 is 1.11 bits per heavy atom. The number of imide groups is 1. The Labute approximate surface area is 162 Å². The number of carbonyl (C=O) groups is 3. The molecule has 1 atom stereocenters. The second kappa shape index (κ2) is 7.19. The maximum Gasteiger partial charge on any atom is 0.255 e. The van der Waals surface area contributed by atoms with Crippen molar-refractivity contribution in [1.29, 1.82) is 0 Å². The van der Waals surface area contributed by atoms with Gasteiger partial charge in [0.25, 0.3) is 5.91 Å². The summed E-state index contributed by atoms with van der Waals surface area (Å²) in [6.07, 6.45) is 1.65. The molecule has 27 heavy (non-hydrogen) atoms. The van der Waals surface area contributed by atoms with E-state index in [1.165, 1.54) is 5.56 Å². The molecule has 2 heterocycles. The van der Waals surface area contributed by atoms with Gasteiger partial charge in [-0.3, -0.25) is 19.7 Å². The first-order valence-corrected chi connectivity index (χ1v) is 9.92. The summed E-state index contributed by atoms with van der Waals surface area (Å²) in [4.78, 5) is 40.2. The number of hydrogen-bond donors (Lipinski definition) is 1. The molecule has 3 amide bonds. The Morgan fingerprint density at radius 2 is 1.89 bits per heavy atom. The van der Waals surface area contributed by atoms with Gasteiger partial charge in [-0.05, 0) is 48.2 Å². The first-order chi connectivity index (χ1) is 13.1. The van der Waals surface area contributed by atoms with Crippen LogP contribution >= 0.6 is 11.8 Å². The molecule has 0 aliphatic carbocycles. The second-order valence-corrected chi connectivity index (χ2v) is 7.90. The van der Waals surface area contributed by atoms with Crippen molar-refractivity contribution in [2.24, 2.45) is 0 Å². The molecule has 2 aromatic carbocycles. The Morgan fingerprint density at radius 3 is 2.59 bits per heavy atom. The van der Waals surface area contributed by atoms with Crippen LogP contribution in [0.4, 0.5) is 0 Å². The highest BCUT2D eigenvalue weighted by Crippen LogP contribution is 2.37. The molecular formula is C21H20N2O3S. The van der Waals surface area contributed by atoms with Gasteiger partial charge in [0, 0.05) is 28.3 Å². The maximum atomic E-state index is 12.9. The lowest BCUT2D eigenvalue weighted by Gasteiger charge is -2.29. The van der Waals surface area contributed by atoms with Crippen LogP contribution in [0.5, 0.6) is 0 Å². The molecule has 1 N–H and O–H groups in total. The van der Waals surface area contributed by atoms with E-state index in [-0.39, 0.29) is 24.1 Å². The van der Waals surface area contributed by atoms with Gasteiger partial charge in [0.15, 0.2) is 0 Å². The molecule has 0 radical (unpaired) electrons. The summed E-state index contributed by atoms with van der Waals surface area (Å²) in [5.74, 6) is -0.785. The lowest BCUT2D eigenvalue weighted by Crippen LogP contribution is -2.52. The highest BCUT2D eigenvalue weighted by atomic mass is 32.2. The van der Waals surface area contributed by atoms with Gasteiger partial charge in [0.1, 0.15) is 6.04 Å². The van der Waals surface area contributed by atoms with E-state index < -0.39 is 6.04 Å². The SMILES string of the molecule is CCc1ccc(Sc2cccc3c2CN(C2CCC(=O)NC2=O)C3=O)cc1. The van der Waals surface area contributed by atoms with E-state index >= 15 is 0 Å². The van der Waals surface area contributed by atoms with E-state index in [2.05, 4.69) is 36.5 Å². The molecule has 1 unspecified atom stereocenters. The smallest absolute Gasteiger partial charge is 0.255 e. The van der Waals surface area contributed by atoms with E-state index in [1.807, 2.05) is 18.2 Å². The molecule has 5 nitrogen and oxygen atoms in total. The largest absolute Gasteiger partial charge is 0.322 e. The third-order valence-electron chi connectivity index (χ3n) is 5.10. The molecule has 0 saturated carbocycles. The minimum absolute atomic E-state index is 0.136. The summed E-state index contributed by atoms with van der Waals surface area (Å²) in [6, 6.07) is 13.6. The van der Waals surface area contributed by atoms with Crippen LogP contribution in [0.1, 0.15) is 41.3 Å². The topological polar surface area (TPSA) is 66.5 Å². The molecule has 1 saturated heterocycles. The van der Waals surface area contributed by atoms with Gasteiger partial charge in [-0.2, -0.15) is 0 Å². The maximum absolute atomic E-state index is 12.9. The minimum atomic E-state index is -0.579. The van der Waals surface area contributed by atoms with Gasteiger partial charge in [-0.15, -0.1) is 0 Å². The van der Waals surface area contributed by atoms with Crippen molar-refractivity contribution < 1.29 is 14.4 Å². The van der Waals surface area contributed by atoms with Crippen LogP contribution in [0.2, 0.25) is 0 Å². The number of piperidine rings is 1. The van der Waals surface area contributed by atoms with E-state index in [4.69, 9.17) is 0 Å². The standard InChI is InChI=1S/C21H20N2O3S/c1-2-13-6-8-14(9-7-13)27-18-5-3-4-15-16(18)12-23(21(15)26)17-10-11-19(24)22-20(17)25/h3-9,17H,2,10-12H2,1H3,(H,22,24,25). The average molecular weight is 380 g/mol. The van der Waals surface area contributed by atoms with Crippen molar-refractivity contribution in [2.45, 2.75) is 48.6 Å². The van der Waals surface area contributed by atoms with Crippen LogP contribution < -0.4 is 5.32 Å². The molecule has 2 aliphatic heterocycles. The van der Waals surface area contributed by atoms with Crippen LogP contribution in [-0.2, 0) is 22.6 Å². The zero-order chi connectivity index (χ0) is 19.0. The van der Waals surface area contributed by atoms with Crippen molar-refractivity contribution >= 4 is 29.5 Å². The van der Waals surface area contributed by atoms with Crippen molar-refractivity contribution in [2.75, 3.05) is 0 Å². The Bertz CT molecular complexity index is 924. The number of benzene rings is 2. The van der Waals surface area contributed by atoms with Crippen molar-refractivity contribution in [3.05, 3.63) is 59.2 Å². The molecule has 6 heteroatoms. The molecule has 0 bridgehead atoms. The first kappa shape index (κ1) is 17.8. The summed E-state index contributed by atoms with van der Waals surface area (Å²) < 4.78 is 0. The predicted octanol–water partition coefficient (Wildman–Crippen LogP) is 3.16. The molecule has 0 aromatic heterocycles. The highest BCUT2D eigenvalue weighted by molar-refractivity contribution is 7.99. The summed E-state index contributed by atoms with van der Waals surface area (Å²) >= 11 is 1.63. The zero-order valence-corrected chi connectivity index (χ0v) is 15.8. The fourth-order valence-electron chi connectivity index (χ4n) is 3.57. The summed E-state index contributed by atoms with van der Waals surface area (Å²) in [6.45, 7) is 2.53. The summed E-state index contributed by atoms with van der Waals surface area (Å²) in [5.41, 5.74) is 2.89. The van der Waals surface area contributed by atoms with E-state index in [0.717, 1.165) is 21.8 Å². The van der Waals surface area contributed by atoms with Crippen molar-refractivity contribution in [1.82, 2.24) is 10.2 Å². The second-order valence-electron chi connectivity index (χ2n) is 6.78. The third kappa shape index (κ3) is 3.37. The fourth-order valence-corrected chi connectivity index (χ4v) is 4.54. The quantitative estimate of drug-likeness (QED) is 0.828. The number of amides is 3. The van der Waals surface area contributed by atoms with E-state index in [0.29, 0.717) is 18.5 Å². The van der Waals surface area contributed by atoms with E-state index in [9.17, 15) is 14.4 Å². The van der Waals surface area contributed by atoms with Crippen LogP contribution in [0.25, 0.3) is 0 Å². The molecular weight excluding hydrogens is 360 g/mol. The fraction of sp³-hybridized carbons (Fsp3) is 0.286. The zero-order valence-electron chi connectivity index (χ0n) is 15.0. The lowest BCUT2D eigenvalue weighted by molar-refractivity contribution is -0.136. The number of fused-ring (bicyclic) bond motifs is 1. The molecule has 0 spiro atoms. The van der Waals surface area contributed by atoms with Gasteiger partial charge in [0.2, 0.25) is 11.8 Å². The first-order valence-electron chi connectivity index (χ1n) is 9.10. The Balaban J connectivity index is 1.58. The number of nitrogens with one attached hydrogen (secondary N) is 1. The molecule has 2 aromatic rings. The van der Waals surface area contributed by atoms with Crippen LogP contribution in [0, 0.1) is 0 Å². The number of hydrogen-bond acceptors (Lipinski definition) is 4. The molecule has 2 aliphatic rings. The number of rotatable bonds is 4. The number of carbonyl (C=O) groups excluding carboxylic acids is 3. The third-order valence-corrected chi connectivity index (χ3v) is 6.21. The number of aryl methyl sites for hydroxylation is 1. The normalized spacial score (nSPS) is 19.2. The Hall–Kier alpha value is -2.60. The van der Waals surface area contributed by atoms with Crippen molar-refractivity contribution in [3.63, 3.8) is 0 Å². The summed E-state index contributed by atoms with van der Waals surface area (Å²) in [7, 11) is 0. The van der Waals surface area contributed by atoms with Crippen LogP contribution in [0.3, 0.4) is 0 Å². The summed E-state index contributed by atoms with van der Waals surface area (Å²) in [5, 5.41) is 2.34. The van der Waals surface area contributed by atoms with E-state index in [1.54, 1.807) is 16.7 Å². The molecule has 1 fully saturated rings. The lowest BCUT2D eigenvalue weighted by atomic mass is 10.0. The van der Waals surface area contributed by atoms with Gasteiger partial charge in [-0.1, -0.05) is 36.9 Å². The molecule has 138 valence electrons. The number of nitrogens with zero attached hydrogens (tertiary/aromatic N) is 1. The molecule has 4 rings (SSSR count). The van der Waals surface area contributed by atoms with Crippen LogP contribution in [0.15, 0.2) is 52.3 Å². The van der Waals surface area contributed by atoms with Gasteiger partial charge in [-0.25, -0.2) is 0 Å². The monoisotopic (exact) mass is 380 g/mol.